The summed E-state index contributed by atoms with van der Waals surface area (Å²) in [5.74, 6) is 0.535. The lowest BCUT2D eigenvalue weighted by molar-refractivity contribution is 0.352. The fourth-order valence-corrected chi connectivity index (χ4v) is 3.91. The maximum atomic E-state index is 11.8. The molecule has 92 valence electrons. The number of alkyl halides is 1. The number of rotatable bonds is 6. The summed E-state index contributed by atoms with van der Waals surface area (Å²) < 4.78 is 26.6. The van der Waals surface area contributed by atoms with Gasteiger partial charge in [0.05, 0.1) is 0 Å². The van der Waals surface area contributed by atoms with Gasteiger partial charge in [0.2, 0.25) is 10.0 Å². The van der Waals surface area contributed by atoms with Crippen molar-refractivity contribution in [1.82, 2.24) is 4.72 Å². The molecule has 0 aromatic carbocycles. The average molecular weight is 282 g/mol. The van der Waals surface area contributed by atoms with Gasteiger partial charge in [-0.2, -0.15) is 0 Å². The molecule has 0 fully saturated rings. The smallest absolute Gasteiger partial charge is 0.210 e. The molecule has 1 N–H and O–H groups in total. The normalized spacial score (nSPS) is 12.9. The van der Waals surface area contributed by atoms with Crippen LogP contribution in [0.3, 0.4) is 0 Å². The summed E-state index contributed by atoms with van der Waals surface area (Å²) in [6.07, 6.45) is 0.779. The van der Waals surface area contributed by atoms with Crippen LogP contribution in [-0.4, -0.2) is 20.8 Å². The van der Waals surface area contributed by atoms with Crippen molar-refractivity contribution >= 4 is 33.0 Å². The van der Waals surface area contributed by atoms with E-state index in [2.05, 4.69) is 4.72 Å². The van der Waals surface area contributed by atoms with Gasteiger partial charge < -0.3 is 0 Å². The minimum absolute atomic E-state index is 0.119. The fraction of sp³-hybridized carbons (Fsp3) is 0.600. The van der Waals surface area contributed by atoms with Gasteiger partial charge in [-0.25, -0.2) is 13.1 Å². The van der Waals surface area contributed by atoms with Crippen LogP contribution in [0.1, 0.15) is 20.3 Å². The molecule has 1 aromatic rings. The molecule has 0 aliphatic carbocycles. The van der Waals surface area contributed by atoms with Crippen LogP contribution in [0.5, 0.6) is 0 Å². The predicted molar refractivity (Wildman–Crippen MR) is 68.6 cm³/mol. The summed E-state index contributed by atoms with van der Waals surface area (Å²) in [5.41, 5.74) is -0.119. The Kier molecular flexibility index (Phi) is 4.79. The largest absolute Gasteiger partial charge is 0.250 e. The molecule has 0 amide bonds. The van der Waals surface area contributed by atoms with Crippen molar-refractivity contribution in [2.75, 3.05) is 12.4 Å². The molecule has 0 saturated carbocycles. The minimum Gasteiger partial charge on any atom is -0.210 e. The molecule has 0 spiro atoms. The zero-order chi connectivity index (χ0) is 12.2. The average Bonchev–Trinajstić information content (AvgIpc) is 2.68. The van der Waals surface area contributed by atoms with Crippen LogP contribution in [-0.2, 0) is 10.0 Å². The van der Waals surface area contributed by atoms with E-state index in [9.17, 15) is 8.42 Å². The third-order valence-corrected chi connectivity index (χ3v) is 5.26. The van der Waals surface area contributed by atoms with Crippen LogP contribution >= 0.6 is 22.9 Å². The second kappa shape index (κ2) is 5.49. The first-order chi connectivity index (χ1) is 7.37. The monoisotopic (exact) mass is 281 g/mol. The van der Waals surface area contributed by atoms with E-state index in [-0.39, 0.29) is 5.41 Å². The quantitative estimate of drug-likeness (QED) is 0.815. The lowest BCUT2D eigenvalue weighted by Crippen LogP contribution is -2.33. The Morgan fingerprint density at radius 3 is 2.69 bits per heavy atom. The molecule has 1 aromatic heterocycles. The number of hydrogen-bond acceptors (Lipinski definition) is 3. The van der Waals surface area contributed by atoms with Crippen LogP contribution in [0.25, 0.3) is 0 Å². The highest BCUT2D eigenvalue weighted by Gasteiger charge is 2.22. The molecule has 3 nitrogen and oxygen atoms in total. The van der Waals surface area contributed by atoms with Crippen molar-refractivity contribution in [1.29, 1.82) is 0 Å². The molecule has 0 radical (unpaired) electrons. The second-order valence-corrected chi connectivity index (χ2v) is 7.68. The van der Waals surface area contributed by atoms with Gasteiger partial charge in [0.25, 0.3) is 0 Å². The van der Waals surface area contributed by atoms with Crippen molar-refractivity contribution in [3.05, 3.63) is 17.5 Å². The maximum Gasteiger partial charge on any atom is 0.250 e. The molecule has 1 heterocycles. The van der Waals surface area contributed by atoms with Gasteiger partial charge >= 0.3 is 0 Å². The third-order valence-electron chi connectivity index (χ3n) is 2.27. The first-order valence-electron chi connectivity index (χ1n) is 4.96. The highest BCUT2D eigenvalue weighted by molar-refractivity contribution is 7.91. The van der Waals surface area contributed by atoms with Gasteiger partial charge in [-0.1, -0.05) is 19.9 Å². The number of sulfonamides is 1. The molecule has 1 rings (SSSR count). The van der Waals surface area contributed by atoms with Gasteiger partial charge in [-0.15, -0.1) is 22.9 Å². The van der Waals surface area contributed by atoms with E-state index in [1.807, 2.05) is 13.8 Å². The van der Waals surface area contributed by atoms with Gasteiger partial charge in [0, 0.05) is 12.4 Å². The lowest BCUT2D eigenvalue weighted by atomic mass is 9.91. The van der Waals surface area contributed by atoms with Crippen molar-refractivity contribution in [3.63, 3.8) is 0 Å². The number of thiophene rings is 1. The van der Waals surface area contributed by atoms with Gasteiger partial charge in [0.15, 0.2) is 0 Å². The van der Waals surface area contributed by atoms with Gasteiger partial charge in [0.1, 0.15) is 4.21 Å². The van der Waals surface area contributed by atoms with Gasteiger partial charge in [-0.05, 0) is 23.3 Å². The van der Waals surface area contributed by atoms with E-state index in [1.165, 1.54) is 11.3 Å². The van der Waals surface area contributed by atoms with Crippen molar-refractivity contribution < 1.29 is 8.42 Å². The molecule has 0 atom stereocenters. The summed E-state index contributed by atoms with van der Waals surface area (Å²) in [7, 11) is -3.34. The van der Waals surface area contributed by atoms with E-state index in [0.717, 1.165) is 6.42 Å². The molecule has 0 bridgehead atoms. The summed E-state index contributed by atoms with van der Waals surface area (Å²) in [4.78, 5) is 0. The Morgan fingerprint density at radius 2 is 2.19 bits per heavy atom. The van der Waals surface area contributed by atoms with E-state index < -0.39 is 10.0 Å². The van der Waals surface area contributed by atoms with Gasteiger partial charge in [-0.3, -0.25) is 0 Å². The Morgan fingerprint density at radius 1 is 1.50 bits per heavy atom. The molecule has 0 aliphatic heterocycles. The first-order valence-corrected chi connectivity index (χ1v) is 7.86. The summed E-state index contributed by atoms with van der Waals surface area (Å²) in [6, 6.07) is 3.32. The summed E-state index contributed by atoms with van der Waals surface area (Å²) in [6.45, 7) is 4.39. The Hall–Kier alpha value is -0.100. The lowest BCUT2D eigenvalue weighted by Gasteiger charge is -2.23. The first kappa shape index (κ1) is 14.0. The summed E-state index contributed by atoms with van der Waals surface area (Å²) in [5, 5.41) is 1.75. The van der Waals surface area contributed by atoms with E-state index >= 15 is 0 Å². The standard InChI is InChI=1S/C10H16ClNO2S2/c1-10(2,5-6-11)8-12-16(13,14)9-4-3-7-15-9/h3-4,7,12H,5-6,8H2,1-2H3. The molecular formula is C10H16ClNO2S2. The third kappa shape index (κ3) is 4.05. The Labute approximate surface area is 106 Å². The summed E-state index contributed by atoms with van der Waals surface area (Å²) >= 11 is 6.88. The maximum absolute atomic E-state index is 11.8. The van der Waals surface area contributed by atoms with Crippen molar-refractivity contribution in [3.8, 4) is 0 Å². The van der Waals surface area contributed by atoms with Crippen LogP contribution in [0.4, 0.5) is 0 Å². The van der Waals surface area contributed by atoms with Crippen LogP contribution in [0.2, 0.25) is 0 Å². The molecule has 16 heavy (non-hydrogen) atoms. The van der Waals surface area contributed by atoms with E-state index in [4.69, 9.17) is 11.6 Å². The zero-order valence-corrected chi connectivity index (χ0v) is 11.8. The topological polar surface area (TPSA) is 46.2 Å². The van der Waals surface area contributed by atoms with E-state index in [1.54, 1.807) is 17.5 Å². The number of nitrogens with one attached hydrogen (secondary N) is 1. The number of hydrogen-bond donors (Lipinski definition) is 1. The zero-order valence-electron chi connectivity index (χ0n) is 9.36. The Balaban J connectivity index is 2.62. The second-order valence-electron chi connectivity index (χ2n) is 4.36. The molecular weight excluding hydrogens is 266 g/mol. The van der Waals surface area contributed by atoms with Crippen molar-refractivity contribution in [2.45, 2.75) is 24.5 Å². The minimum atomic E-state index is -3.34. The van der Waals surface area contributed by atoms with Crippen LogP contribution in [0.15, 0.2) is 21.7 Å². The Bertz CT molecular complexity index is 412. The van der Waals surface area contributed by atoms with E-state index in [0.29, 0.717) is 16.6 Å². The highest BCUT2D eigenvalue weighted by Crippen LogP contribution is 2.21. The predicted octanol–water partition coefficient (Wildman–Crippen LogP) is 2.68. The highest BCUT2D eigenvalue weighted by atomic mass is 35.5. The molecule has 0 unspecified atom stereocenters. The molecule has 6 heteroatoms. The van der Waals surface area contributed by atoms with Crippen LogP contribution in [0, 0.1) is 5.41 Å². The number of halogens is 1. The van der Waals surface area contributed by atoms with Crippen molar-refractivity contribution in [2.24, 2.45) is 5.41 Å². The SMILES string of the molecule is CC(C)(CCCl)CNS(=O)(=O)c1cccs1. The molecule has 0 aliphatic rings. The fourth-order valence-electron chi connectivity index (χ4n) is 1.12. The molecule has 0 saturated heterocycles. The van der Waals surface area contributed by atoms with Crippen LogP contribution < -0.4 is 4.72 Å².